The molecule has 0 bridgehead atoms. The summed E-state index contributed by atoms with van der Waals surface area (Å²) in [5.74, 6) is 2.33. The third-order valence-corrected chi connectivity index (χ3v) is 3.79. The molecular weight excluding hydrogens is 256 g/mol. The van der Waals surface area contributed by atoms with Crippen molar-refractivity contribution in [2.75, 3.05) is 17.7 Å². The fourth-order valence-corrected chi connectivity index (χ4v) is 2.56. The second-order valence-corrected chi connectivity index (χ2v) is 5.36. The van der Waals surface area contributed by atoms with E-state index in [0.717, 1.165) is 36.6 Å². The van der Waals surface area contributed by atoms with Gasteiger partial charge in [-0.1, -0.05) is 31.5 Å². The minimum atomic E-state index is 0.616. The molecule has 1 atom stereocenters. The molecule has 0 radical (unpaired) electrons. The zero-order valence-corrected chi connectivity index (χ0v) is 12.4. The van der Waals surface area contributed by atoms with Crippen molar-refractivity contribution in [3.8, 4) is 0 Å². The van der Waals surface area contributed by atoms with Gasteiger partial charge in [-0.05, 0) is 37.0 Å². The van der Waals surface area contributed by atoms with Crippen molar-refractivity contribution >= 4 is 28.3 Å². The summed E-state index contributed by atoms with van der Waals surface area (Å²) in [5.41, 5.74) is 2.24. The van der Waals surface area contributed by atoms with Gasteiger partial charge in [0.15, 0.2) is 0 Å². The lowest BCUT2D eigenvalue weighted by atomic mass is 10.0. The highest BCUT2D eigenvalue weighted by atomic mass is 35.5. The Kier molecular flexibility index (Phi) is 5.03. The molecule has 0 saturated carbocycles. The van der Waals surface area contributed by atoms with Crippen LogP contribution in [-0.2, 0) is 0 Å². The third-order valence-electron chi connectivity index (χ3n) is 3.57. The van der Waals surface area contributed by atoms with Crippen molar-refractivity contribution in [3.05, 3.63) is 35.9 Å². The molecular formula is C16H21ClN2. The molecule has 1 aromatic carbocycles. The Morgan fingerprint density at radius 2 is 2.11 bits per heavy atom. The van der Waals surface area contributed by atoms with Gasteiger partial charge in [0.05, 0.1) is 5.52 Å². The number of halogens is 1. The van der Waals surface area contributed by atoms with Gasteiger partial charge in [-0.3, -0.25) is 0 Å². The van der Waals surface area contributed by atoms with Gasteiger partial charge in [0.1, 0.15) is 5.82 Å². The maximum absolute atomic E-state index is 5.82. The minimum absolute atomic E-state index is 0.616. The number of benzene rings is 1. The number of pyridine rings is 1. The Balaban J connectivity index is 2.13. The number of para-hydroxylation sites is 1. The van der Waals surface area contributed by atoms with Crippen molar-refractivity contribution in [3.63, 3.8) is 0 Å². The highest BCUT2D eigenvalue weighted by Crippen LogP contribution is 2.20. The third kappa shape index (κ3) is 3.60. The summed E-state index contributed by atoms with van der Waals surface area (Å²) in [7, 11) is 0. The van der Waals surface area contributed by atoms with Gasteiger partial charge in [0, 0.05) is 17.8 Å². The van der Waals surface area contributed by atoms with Gasteiger partial charge >= 0.3 is 0 Å². The van der Waals surface area contributed by atoms with Gasteiger partial charge < -0.3 is 5.32 Å². The summed E-state index contributed by atoms with van der Waals surface area (Å²) in [5, 5.41) is 4.66. The van der Waals surface area contributed by atoms with Crippen LogP contribution < -0.4 is 5.32 Å². The molecule has 19 heavy (non-hydrogen) atoms. The Morgan fingerprint density at radius 3 is 2.84 bits per heavy atom. The van der Waals surface area contributed by atoms with Crippen LogP contribution in [0.2, 0.25) is 0 Å². The monoisotopic (exact) mass is 276 g/mol. The minimum Gasteiger partial charge on any atom is -0.370 e. The number of hydrogen-bond donors (Lipinski definition) is 1. The van der Waals surface area contributed by atoms with Crippen molar-refractivity contribution in [1.29, 1.82) is 0 Å². The Labute approximate surface area is 120 Å². The summed E-state index contributed by atoms with van der Waals surface area (Å²) in [6, 6.07) is 10.4. The van der Waals surface area contributed by atoms with E-state index in [9.17, 15) is 0 Å². The van der Waals surface area contributed by atoms with Crippen molar-refractivity contribution in [2.24, 2.45) is 5.92 Å². The summed E-state index contributed by atoms with van der Waals surface area (Å²) in [6.07, 6.45) is 2.20. The topological polar surface area (TPSA) is 24.9 Å². The molecule has 0 amide bonds. The van der Waals surface area contributed by atoms with Crippen molar-refractivity contribution < 1.29 is 0 Å². The molecule has 0 spiro atoms. The molecule has 102 valence electrons. The second kappa shape index (κ2) is 6.76. The van der Waals surface area contributed by atoms with Crippen LogP contribution in [0.5, 0.6) is 0 Å². The van der Waals surface area contributed by atoms with E-state index in [1.165, 1.54) is 10.9 Å². The highest BCUT2D eigenvalue weighted by molar-refractivity contribution is 6.17. The van der Waals surface area contributed by atoms with Gasteiger partial charge in [-0.15, -0.1) is 11.6 Å². The summed E-state index contributed by atoms with van der Waals surface area (Å²) in [6.45, 7) is 5.25. The predicted octanol–water partition coefficient (Wildman–Crippen LogP) is 4.61. The van der Waals surface area contributed by atoms with Gasteiger partial charge in [-0.2, -0.15) is 0 Å². The molecule has 0 aliphatic rings. The van der Waals surface area contributed by atoms with E-state index in [1.54, 1.807) is 0 Å². The number of anilines is 1. The number of aryl methyl sites for hydroxylation is 1. The SMILES string of the molecule is CCC(CCCl)CNc1nc2ccccc2cc1C. The van der Waals surface area contributed by atoms with Crippen LogP contribution in [0.3, 0.4) is 0 Å². The van der Waals surface area contributed by atoms with Crippen molar-refractivity contribution in [1.82, 2.24) is 4.98 Å². The van der Waals surface area contributed by atoms with Crippen molar-refractivity contribution in [2.45, 2.75) is 26.7 Å². The lowest BCUT2D eigenvalue weighted by Gasteiger charge is -2.16. The van der Waals surface area contributed by atoms with Crippen LogP contribution in [0.25, 0.3) is 10.9 Å². The number of rotatable bonds is 6. The molecule has 0 aliphatic carbocycles. The fraction of sp³-hybridized carbons (Fsp3) is 0.438. The number of aromatic nitrogens is 1. The highest BCUT2D eigenvalue weighted by Gasteiger charge is 2.08. The second-order valence-electron chi connectivity index (χ2n) is 4.98. The van der Waals surface area contributed by atoms with Gasteiger partial charge in [0.2, 0.25) is 0 Å². The molecule has 3 heteroatoms. The maximum Gasteiger partial charge on any atom is 0.129 e. The largest absolute Gasteiger partial charge is 0.370 e. The summed E-state index contributed by atoms with van der Waals surface area (Å²) >= 11 is 5.82. The van der Waals surface area contributed by atoms with Crippen LogP contribution in [0, 0.1) is 12.8 Å². The molecule has 2 nitrogen and oxygen atoms in total. The molecule has 1 heterocycles. The summed E-state index contributed by atoms with van der Waals surface area (Å²) in [4.78, 5) is 4.70. The number of nitrogens with one attached hydrogen (secondary N) is 1. The molecule has 0 fully saturated rings. The lowest BCUT2D eigenvalue weighted by Crippen LogP contribution is -2.15. The first kappa shape index (κ1) is 14.1. The van der Waals surface area contributed by atoms with E-state index >= 15 is 0 Å². The van der Waals surface area contributed by atoms with Crippen LogP contribution in [0.1, 0.15) is 25.3 Å². The van der Waals surface area contributed by atoms with Crippen LogP contribution in [0.4, 0.5) is 5.82 Å². The summed E-state index contributed by atoms with van der Waals surface area (Å²) < 4.78 is 0. The Hall–Kier alpha value is -1.28. The molecule has 1 N–H and O–H groups in total. The van der Waals surface area contributed by atoms with Crippen LogP contribution >= 0.6 is 11.6 Å². The standard InChI is InChI=1S/C16H21ClN2/c1-3-13(8-9-17)11-18-16-12(2)10-14-6-4-5-7-15(14)19-16/h4-7,10,13H,3,8-9,11H2,1-2H3,(H,18,19). The molecule has 0 saturated heterocycles. The van der Waals surface area contributed by atoms with Gasteiger partial charge in [-0.25, -0.2) is 4.98 Å². The fourth-order valence-electron chi connectivity index (χ4n) is 2.25. The molecule has 2 aromatic rings. The zero-order valence-electron chi connectivity index (χ0n) is 11.6. The number of fused-ring (bicyclic) bond motifs is 1. The zero-order chi connectivity index (χ0) is 13.7. The van der Waals surface area contributed by atoms with Crippen LogP contribution in [0.15, 0.2) is 30.3 Å². The number of hydrogen-bond acceptors (Lipinski definition) is 2. The lowest BCUT2D eigenvalue weighted by molar-refractivity contribution is 0.521. The number of nitrogens with zero attached hydrogens (tertiary/aromatic N) is 1. The first-order chi connectivity index (χ1) is 9.24. The molecule has 1 unspecified atom stereocenters. The quantitative estimate of drug-likeness (QED) is 0.780. The Bertz CT molecular complexity index is 539. The molecule has 2 rings (SSSR count). The Morgan fingerprint density at radius 1 is 1.32 bits per heavy atom. The van der Waals surface area contributed by atoms with E-state index in [2.05, 4.69) is 37.4 Å². The smallest absolute Gasteiger partial charge is 0.129 e. The van der Waals surface area contributed by atoms with E-state index in [4.69, 9.17) is 16.6 Å². The maximum atomic E-state index is 5.82. The van der Waals surface area contributed by atoms with Gasteiger partial charge in [0.25, 0.3) is 0 Å². The average molecular weight is 277 g/mol. The molecule has 0 aliphatic heterocycles. The molecule has 1 aromatic heterocycles. The van der Waals surface area contributed by atoms with E-state index in [0.29, 0.717) is 5.92 Å². The predicted molar refractivity (Wildman–Crippen MR) is 84.1 cm³/mol. The van der Waals surface area contributed by atoms with Crippen LogP contribution in [-0.4, -0.2) is 17.4 Å². The van der Waals surface area contributed by atoms with E-state index in [1.807, 2.05) is 12.1 Å². The first-order valence-electron chi connectivity index (χ1n) is 6.90. The number of alkyl halides is 1. The normalized spacial score (nSPS) is 12.6. The van der Waals surface area contributed by atoms with E-state index in [-0.39, 0.29) is 0 Å². The average Bonchev–Trinajstić information content (AvgIpc) is 2.43. The first-order valence-corrected chi connectivity index (χ1v) is 7.44. The van der Waals surface area contributed by atoms with E-state index < -0.39 is 0 Å².